The van der Waals surface area contributed by atoms with Gasteiger partial charge < -0.3 is 10.2 Å². The highest BCUT2D eigenvalue weighted by Gasteiger charge is 2.31. The Morgan fingerprint density at radius 1 is 0.929 bits per heavy atom. The van der Waals surface area contributed by atoms with Crippen molar-refractivity contribution in [2.75, 3.05) is 17.2 Å². The molecule has 1 N–H and O–H groups in total. The summed E-state index contributed by atoms with van der Waals surface area (Å²) in [6, 6.07) is 19.7. The molecule has 0 atom stereocenters. The molecule has 0 radical (unpaired) electrons. The number of carbonyl (C=O) groups excluding carboxylic acids is 2. The third-order valence-corrected chi connectivity index (χ3v) is 7.98. The van der Waals surface area contributed by atoms with Crippen molar-refractivity contribution in [3.8, 4) is 5.69 Å². The van der Waals surface area contributed by atoms with Gasteiger partial charge in [-0.05, 0) is 59.4 Å². The first kappa shape index (κ1) is 29.4. The third-order valence-electron chi connectivity index (χ3n) is 7.07. The molecule has 1 aliphatic heterocycles. The minimum atomic E-state index is -4.55. The lowest BCUT2D eigenvalue weighted by molar-refractivity contribution is -0.137. The summed E-state index contributed by atoms with van der Waals surface area (Å²) in [5.41, 5.74) is 2.76. The Hall–Kier alpha value is -4.12. The lowest BCUT2D eigenvalue weighted by Gasteiger charge is -2.19. The fourth-order valence-electron chi connectivity index (χ4n) is 4.77. The predicted molar refractivity (Wildman–Crippen MR) is 156 cm³/mol. The zero-order valence-corrected chi connectivity index (χ0v) is 24.2. The minimum absolute atomic E-state index is 0.0118. The molecule has 0 saturated carbocycles. The van der Waals surface area contributed by atoms with E-state index >= 15 is 0 Å². The predicted octanol–water partition coefficient (Wildman–Crippen LogP) is 6.20. The fraction of sp³-hybridized carbons (Fsp3) is 0.290. The topological polar surface area (TPSA) is 80.1 Å². The average Bonchev–Trinajstić information content (AvgIpc) is 3.58. The molecule has 4 aromatic rings. The first-order chi connectivity index (χ1) is 19.9. The molecule has 11 heteroatoms. The number of fused-ring (bicyclic) bond motifs is 1. The minimum Gasteiger partial charge on any atom is -0.345 e. The van der Waals surface area contributed by atoms with Crippen molar-refractivity contribution in [3.63, 3.8) is 0 Å². The number of thioether (sulfide) groups is 1. The van der Waals surface area contributed by atoms with Crippen LogP contribution in [-0.4, -0.2) is 38.9 Å². The smallest absolute Gasteiger partial charge is 0.345 e. The van der Waals surface area contributed by atoms with E-state index in [1.54, 1.807) is 17.0 Å². The number of carbonyl (C=O) groups is 2. The zero-order valence-electron chi connectivity index (χ0n) is 23.4. The molecule has 2 heterocycles. The third kappa shape index (κ3) is 6.35. The average molecular weight is 594 g/mol. The molecule has 5 rings (SSSR count). The summed E-state index contributed by atoms with van der Waals surface area (Å²) in [5, 5.41) is 11.4. The molecular weight excluding hydrogens is 563 g/mol. The number of rotatable bonds is 7. The second kappa shape index (κ2) is 11.6. The largest absolute Gasteiger partial charge is 0.416 e. The Labute approximate surface area is 246 Å². The molecule has 0 unspecified atom stereocenters. The van der Waals surface area contributed by atoms with E-state index in [9.17, 15) is 22.8 Å². The Bertz CT molecular complexity index is 1610. The van der Waals surface area contributed by atoms with Gasteiger partial charge in [0.05, 0.1) is 23.5 Å². The summed E-state index contributed by atoms with van der Waals surface area (Å²) < 4.78 is 42.1. The van der Waals surface area contributed by atoms with Crippen LogP contribution in [0.2, 0.25) is 0 Å². The molecular formula is C31H30F3N5O2S. The van der Waals surface area contributed by atoms with Gasteiger partial charge in [0.1, 0.15) is 0 Å². The van der Waals surface area contributed by atoms with Crippen LogP contribution < -0.4 is 10.2 Å². The van der Waals surface area contributed by atoms with Gasteiger partial charge in [0.15, 0.2) is 11.0 Å². The van der Waals surface area contributed by atoms with Crippen LogP contribution in [0, 0.1) is 0 Å². The van der Waals surface area contributed by atoms with Crippen LogP contribution >= 0.6 is 11.8 Å². The number of halogens is 3. The van der Waals surface area contributed by atoms with Crippen molar-refractivity contribution in [1.29, 1.82) is 0 Å². The van der Waals surface area contributed by atoms with E-state index in [-0.39, 0.29) is 46.2 Å². The number of nitrogens with one attached hydrogen (secondary N) is 1. The molecule has 0 fully saturated rings. The van der Waals surface area contributed by atoms with Crippen LogP contribution in [0.5, 0.6) is 0 Å². The highest BCUT2D eigenvalue weighted by atomic mass is 32.2. The van der Waals surface area contributed by atoms with Crippen LogP contribution in [0.4, 0.5) is 18.9 Å². The molecule has 0 bridgehead atoms. The summed E-state index contributed by atoms with van der Waals surface area (Å²) >= 11 is 1.08. The van der Waals surface area contributed by atoms with E-state index in [2.05, 4.69) is 36.3 Å². The monoisotopic (exact) mass is 593 g/mol. The van der Waals surface area contributed by atoms with E-state index in [4.69, 9.17) is 0 Å². The lowest BCUT2D eigenvalue weighted by atomic mass is 9.87. The normalized spacial score (nSPS) is 13.2. The van der Waals surface area contributed by atoms with Crippen LogP contribution in [-0.2, 0) is 29.4 Å². The summed E-state index contributed by atoms with van der Waals surface area (Å²) in [4.78, 5) is 27.7. The van der Waals surface area contributed by atoms with E-state index in [0.29, 0.717) is 12.1 Å². The van der Waals surface area contributed by atoms with Crippen molar-refractivity contribution >= 4 is 29.3 Å². The molecule has 0 spiro atoms. The van der Waals surface area contributed by atoms with Gasteiger partial charge in [0.25, 0.3) is 5.91 Å². The number of para-hydroxylation sites is 1. The van der Waals surface area contributed by atoms with Crippen LogP contribution in [0.3, 0.4) is 0 Å². The van der Waals surface area contributed by atoms with Crippen LogP contribution in [0.15, 0.2) is 78.0 Å². The van der Waals surface area contributed by atoms with E-state index < -0.39 is 11.7 Å². The van der Waals surface area contributed by atoms with Crippen molar-refractivity contribution in [3.05, 3.63) is 101 Å². The Balaban J connectivity index is 1.38. The number of benzene rings is 3. The SMILES string of the molecule is CC(C)(C)c1ccc(C(=O)NCc2nnc(SCC(=O)N3CCc4ccccc43)n2-c2cccc(C(F)(F)F)c2)cc1. The Morgan fingerprint density at radius 2 is 1.67 bits per heavy atom. The molecule has 42 heavy (non-hydrogen) atoms. The number of aromatic nitrogens is 3. The second-order valence-corrected chi connectivity index (χ2v) is 11.9. The Morgan fingerprint density at radius 3 is 2.38 bits per heavy atom. The number of amides is 2. The molecule has 1 aromatic heterocycles. The van der Waals surface area contributed by atoms with Crippen LogP contribution in [0.25, 0.3) is 5.69 Å². The van der Waals surface area contributed by atoms with E-state index in [1.165, 1.54) is 16.7 Å². The van der Waals surface area contributed by atoms with Crippen LogP contribution in [0.1, 0.15) is 53.6 Å². The standard InChI is InChI=1S/C31H30F3N5O2S/c1-30(2,3)22-13-11-21(12-14-22)28(41)35-18-26-36-37-29(39(26)24-9-6-8-23(17-24)31(32,33)34)42-19-27(40)38-16-15-20-7-4-5-10-25(20)38/h4-14,17H,15-16,18-19H2,1-3H3,(H,35,41). The van der Waals surface area contributed by atoms with Gasteiger partial charge in [-0.1, -0.05) is 68.9 Å². The summed E-state index contributed by atoms with van der Waals surface area (Å²) in [6.07, 6.45) is -3.79. The number of hydrogen-bond acceptors (Lipinski definition) is 5. The molecule has 7 nitrogen and oxygen atoms in total. The molecule has 2 amide bonds. The van der Waals surface area contributed by atoms with Crippen molar-refractivity contribution in [2.24, 2.45) is 0 Å². The second-order valence-electron chi connectivity index (χ2n) is 11.0. The van der Waals surface area contributed by atoms with Gasteiger partial charge in [0, 0.05) is 17.8 Å². The summed E-state index contributed by atoms with van der Waals surface area (Å²) in [6.45, 7) is 6.71. The van der Waals surface area contributed by atoms with Gasteiger partial charge in [0.2, 0.25) is 5.91 Å². The van der Waals surface area contributed by atoms with Crippen molar-refractivity contribution in [2.45, 2.75) is 50.5 Å². The molecule has 1 aliphatic rings. The fourth-order valence-corrected chi connectivity index (χ4v) is 5.62. The van der Waals surface area contributed by atoms with Gasteiger partial charge >= 0.3 is 6.18 Å². The summed E-state index contributed by atoms with van der Waals surface area (Å²) in [5.74, 6) is -0.253. The molecule has 3 aromatic carbocycles. The lowest BCUT2D eigenvalue weighted by Crippen LogP contribution is -2.30. The van der Waals surface area contributed by atoms with Gasteiger partial charge in [-0.25, -0.2) is 0 Å². The van der Waals surface area contributed by atoms with Gasteiger partial charge in [-0.15, -0.1) is 10.2 Å². The zero-order chi connectivity index (χ0) is 30.1. The number of hydrogen-bond donors (Lipinski definition) is 1. The number of alkyl halides is 3. The van der Waals surface area contributed by atoms with E-state index in [1.807, 2.05) is 36.4 Å². The maximum absolute atomic E-state index is 13.5. The molecule has 218 valence electrons. The van der Waals surface area contributed by atoms with E-state index in [0.717, 1.165) is 47.1 Å². The summed E-state index contributed by atoms with van der Waals surface area (Å²) in [7, 11) is 0. The Kier molecular flexibility index (Phi) is 8.14. The first-order valence-corrected chi connectivity index (χ1v) is 14.4. The number of nitrogens with zero attached hydrogens (tertiary/aromatic N) is 4. The van der Waals surface area contributed by atoms with Gasteiger partial charge in [-0.3, -0.25) is 14.2 Å². The maximum Gasteiger partial charge on any atom is 0.416 e. The van der Waals surface area contributed by atoms with Gasteiger partial charge in [-0.2, -0.15) is 13.2 Å². The highest BCUT2D eigenvalue weighted by molar-refractivity contribution is 7.99. The quantitative estimate of drug-likeness (QED) is 0.259. The molecule has 0 saturated heterocycles. The first-order valence-electron chi connectivity index (χ1n) is 13.4. The highest BCUT2D eigenvalue weighted by Crippen LogP contribution is 2.33. The maximum atomic E-state index is 13.5. The number of anilines is 1. The van der Waals surface area contributed by atoms with Crippen molar-refractivity contribution < 1.29 is 22.8 Å². The van der Waals surface area contributed by atoms with Crippen molar-refractivity contribution in [1.82, 2.24) is 20.1 Å². The molecule has 0 aliphatic carbocycles.